The van der Waals surface area contributed by atoms with Crippen LogP contribution in [-0.2, 0) is 6.54 Å². The van der Waals surface area contributed by atoms with Crippen LogP contribution in [0.3, 0.4) is 0 Å². The average Bonchev–Trinajstić information content (AvgIpc) is 2.89. The fourth-order valence-electron chi connectivity index (χ4n) is 1.83. The molecule has 2 heterocycles. The zero-order valence-corrected chi connectivity index (χ0v) is 10.8. The van der Waals surface area contributed by atoms with E-state index in [0.717, 1.165) is 30.2 Å². The lowest BCUT2D eigenvalue weighted by atomic mass is 10.2. The van der Waals surface area contributed by atoms with Crippen LogP contribution >= 0.6 is 0 Å². The van der Waals surface area contributed by atoms with Crippen molar-refractivity contribution in [1.29, 1.82) is 0 Å². The summed E-state index contributed by atoms with van der Waals surface area (Å²) in [5, 5.41) is 0. The van der Waals surface area contributed by atoms with Crippen molar-refractivity contribution in [3.63, 3.8) is 0 Å². The number of pyridine rings is 1. The number of anilines is 1. The van der Waals surface area contributed by atoms with Gasteiger partial charge in [0.15, 0.2) is 0 Å². The summed E-state index contributed by atoms with van der Waals surface area (Å²) in [7, 11) is 0. The van der Waals surface area contributed by atoms with E-state index in [-0.39, 0.29) is 6.04 Å². The van der Waals surface area contributed by atoms with Gasteiger partial charge >= 0.3 is 0 Å². The molecule has 1 unspecified atom stereocenters. The minimum Gasteiger partial charge on any atom is -0.467 e. The largest absolute Gasteiger partial charge is 0.467 e. The number of rotatable bonds is 5. The average molecular weight is 245 g/mol. The van der Waals surface area contributed by atoms with Gasteiger partial charge in [-0.3, -0.25) is 4.98 Å². The van der Waals surface area contributed by atoms with Gasteiger partial charge in [-0.2, -0.15) is 0 Å². The summed E-state index contributed by atoms with van der Waals surface area (Å²) in [4.78, 5) is 6.58. The van der Waals surface area contributed by atoms with E-state index in [4.69, 9.17) is 10.2 Å². The predicted octanol–water partition coefficient (Wildman–Crippen LogP) is 2.72. The smallest absolute Gasteiger partial charge is 0.123 e. The number of hydrogen-bond acceptors (Lipinski definition) is 4. The molecule has 0 aromatic carbocycles. The van der Waals surface area contributed by atoms with Crippen molar-refractivity contribution in [2.45, 2.75) is 26.4 Å². The van der Waals surface area contributed by atoms with Crippen LogP contribution in [0.4, 0.5) is 5.69 Å². The summed E-state index contributed by atoms with van der Waals surface area (Å²) < 4.78 is 5.37. The van der Waals surface area contributed by atoms with Gasteiger partial charge in [0, 0.05) is 12.6 Å². The van der Waals surface area contributed by atoms with E-state index >= 15 is 0 Å². The molecule has 2 aromatic heterocycles. The number of nitrogens with two attached hydrogens (primary N) is 1. The first-order valence-corrected chi connectivity index (χ1v) is 6.19. The quantitative estimate of drug-likeness (QED) is 0.880. The normalized spacial score (nSPS) is 12.4. The van der Waals surface area contributed by atoms with E-state index in [1.165, 1.54) is 0 Å². The Morgan fingerprint density at radius 3 is 2.72 bits per heavy atom. The first kappa shape index (κ1) is 12.6. The second-order valence-corrected chi connectivity index (χ2v) is 4.32. The van der Waals surface area contributed by atoms with E-state index in [1.807, 2.05) is 31.3 Å². The van der Waals surface area contributed by atoms with Crippen LogP contribution in [0, 0.1) is 0 Å². The standard InChI is InChI=1S/C14H19N3O/c1-3-17(10-13-5-4-8-18-13)12-6-7-14(11(2)15)16-9-12/h4-9,11H,3,10,15H2,1-2H3. The molecule has 4 heteroatoms. The minimum atomic E-state index is -0.0285. The summed E-state index contributed by atoms with van der Waals surface area (Å²) >= 11 is 0. The second-order valence-electron chi connectivity index (χ2n) is 4.32. The van der Waals surface area contributed by atoms with Crippen LogP contribution in [0.2, 0.25) is 0 Å². The first-order chi connectivity index (χ1) is 8.70. The first-order valence-electron chi connectivity index (χ1n) is 6.19. The highest BCUT2D eigenvalue weighted by molar-refractivity contribution is 5.44. The molecule has 4 nitrogen and oxygen atoms in total. The lowest BCUT2D eigenvalue weighted by molar-refractivity contribution is 0.503. The van der Waals surface area contributed by atoms with E-state index in [2.05, 4.69) is 22.9 Å². The SMILES string of the molecule is CCN(Cc1ccco1)c1ccc(C(C)N)nc1. The van der Waals surface area contributed by atoms with Gasteiger partial charge in [0.05, 0.1) is 30.4 Å². The molecular weight excluding hydrogens is 226 g/mol. The zero-order chi connectivity index (χ0) is 13.0. The molecule has 0 aliphatic carbocycles. The van der Waals surface area contributed by atoms with Gasteiger partial charge < -0.3 is 15.1 Å². The minimum absolute atomic E-state index is 0.0285. The highest BCUT2D eigenvalue weighted by Gasteiger charge is 2.08. The van der Waals surface area contributed by atoms with Crippen LogP contribution in [0.5, 0.6) is 0 Å². The molecule has 2 aromatic rings. The van der Waals surface area contributed by atoms with Gasteiger partial charge in [0.2, 0.25) is 0 Å². The highest BCUT2D eigenvalue weighted by atomic mass is 16.3. The fourth-order valence-corrected chi connectivity index (χ4v) is 1.83. The van der Waals surface area contributed by atoms with Crippen molar-refractivity contribution in [3.8, 4) is 0 Å². The molecule has 2 rings (SSSR count). The molecule has 2 N–H and O–H groups in total. The van der Waals surface area contributed by atoms with Gasteiger partial charge in [0.1, 0.15) is 5.76 Å². The molecule has 0 fully saturated rings. The summed E-state index contributed by atoms with van der Waals surface area (Å²) in [6, 6.07) is 7.88. The number of furan rings is 1. The second kappa shape index (κ2) is 5.69. The Bertz CT molecular complexity index is 462. The lowest BCUT2D eigenvalue weighted by Crippen LogP contribution is -2.22. The molecule has 0 saturated carbocycles. The number of aromatic nitrogens is 1. The van der Waals surface area contributed by atoms with E-state index in [1.54, 1.807) is 6.26 Å². The van der Waals surface area contributed by atoms with Crippen molar-refractivity contribution >= 4 is 5.69 Å². The van der Waals surface area contributed by atoms with Crippen LogP contribution in [-0.4, -0.2) is 11.5 Å². The summed E-state index contributed by atoms with van der Waals surface area (Å²) in [6.07, 6.45) is 3.56. The zero-order valence-electron chi connectivity index (χ0n) is 10.8. The molecule has 0 aliphatic rings. The molecular formula is C14H19N3O. The Morgan fingerprint density at radius 1 is 1.39 bits per heavy atom. The number of nitrogens with zero attached hydrogens (tertiary/aromatic N) is 2. The Hall–Kier alpha value is -1.81. The van der Waals surface area contributed by atoms with Gasteiger partial charge in [-0.25, -0.2) is 0 Å². The summed E-state index contributed by atoms with van der Waals surface area (Å²) in [6.45, 7) is 5.70. The Balaban J connectivity index is 2.12. The van der Waals surface area contributed by atoms with Gasteiger partial charge in [-0.15, -0.1) is 0 Å². The van der Waals surface area contributed by atoms with Crippen molar-refractivity contribution in [2.75, 3.05) is 11.4 Å². The molecule has 18 heavy (non-hydrogen) atoms. The van der Waals surface area contributed by atoms with Crippen LogP contribution in [0.15, 0.2) is 41.1 Å². The van der Waals surface area contributed by atoms with Crippen LogP contribution in [0.1, 0.15) is 31.3 Å². The third kappa shape index (κ3) is 2.90. The molecule has 96 valence electrons. The molecule has 0 amide bonds. The molecule has 0 aliphatic heterocycles. The van der Waals surface area contributed by atoms with Crippen molar-refractivity contribution in [1.82, 2.24) is 4.98 Å². The van der Waals surface area contributed by atoms with Gasteiger partial charge in [0.25, 0.3) is 0 Å². The van der Waals surface area contributed by atoms with Crippen LogP contribution < -0.4 is 10.6 Å². The lowest BCUT2D eigenvalue weighted by Gasteiger charge is -2.21. The van der Waals surface area contributed by atoms with Crippen molar-refractivity contribution in [3.05, 3.63) is 48.2 Å². The monoisotopic (exact) mass is 245 g/mol. The van der Waals surface area contributed by atoms with Crippen molar-refractivity contribution in [2.24, 2.45) is 5.73 Å². The fraction of sp³-hybridized carbons (Fsp3) is 0.357. The van der Waals surface area contributed by atoms with Crippen molar-refractivity contribution < 1.29 is 4.42 Å². The molecule has 0 bridgehead atoms. The third-order valence-corrected chi connectivity index (χ3v) is 2.91. The maximum Gasteiger partial charge on any atom is 0.123 e. The summed E-state index contributed by atoms with van der Waals surface area (Å²) in [5.41, 5.74) is 7.78. The maximum atomic E-state index is 5.79. The highest BCUT2D eigenvalue weighted by Crippen LogP contribution is 2.18. The third-order valence-electron chi connectivity index (χ3n) is 2.91. The van der Waals surface area contributed by atoms with Crippen LogP contribution in [0.25, 0.3) is 0 Å². The van der Waals surface area contributed by atoms with E-state index in [9.17, 15) is 0 Å². The van der Waals surface area contributed by atoms with E-state index < -0.39 is 0 Å². The molecule has 0 spiro atoms. The van der Waals surface area contributed by atoms with Gasteiger partial charge in [-0.1, -0.05) is 0 Å². The Morgan fingerprint density at radius 2 is 2.22 bits per heavy atom. The number of hydrogen-bond donors (Lipinski definition) is 1. The van der Waals surface area contributed by atoms with E-state index in [0.29, 0.717) is 0 Å². The topological polar surface area (TPSA) is 55.3 Å². The molecule has 0 saturated heterocycles. The summed E-state index contributed by atoms with van der Waals surface area (Å²) in [5.74, 6) is 0.952. The van der Waals surface area contributed by atoms with Gasteiger partial charge in [-0.05, 0) is 38.1 Å². The molecule has 0 radical (unpaired) electrons. The predicted molar refractivity (Wildman–Crippen MR) is 72.3 cm³/mol. The molecule has 1 atom stereocenters. The Labute approximate surface area is 107 Å². The maximum absolute atomic E-state index is 5.79. The Kier molecular flexibility index (Phi) is 3.99.